The zero-order valence-corrected chi connectivity index (χ0v) is 9.45. The van der Waals surface area contributed by atoms with Gasteiger partial charge in [-0.05, 0) is 32.4 Å². The second kappa shape index (κ2) is 4.84. The van der Waals surface area contributed by atoms with E-state index >= 15 is 0 Å². The summed E-state index contributed by atoms with van der Waals surface area (Å²) in [6, 6.07) is 0. The SMILES string of the molecule is CN1CC(CCN2CCCCC2)OC1=O. The van der Waals surface area contributed by atoms with Gasteiger partial charge >= 0.3 is 6.09 Å². The molecule has 2 aliphatic rings. The van der Waals surface area contributed by atoms with Crippen molar-refractivity contribution in [1.29, 1.82) is 0 Å². The second-order valence-corrected chi connectivity index (χ2v) is 4.58. The average Bonchev–Trinajstić information content (AvgIpc) is 2.57. The Hall–Kier alpha value is -0.770. The molecule has 0 aromatic rings. The number of hydrogen-bond donors (Lipinski definition) is 0. The minimum Gasteiger partial charge on any atom is -0.444 e. The minimum atomic E-state index is -0.168. The van der Waals surface area contributed by atoms with Gasteiger partial charge in [-0.25, -0.2) is 4.79 Å². The number of nitrogens with zero attached hydrogens (tertiary/aromatic N) is 2. The van der Waals surface area contributed by atoms with Crippen molar-refractivity contribution in [3.63, 3.8) is 0 Å². The predicted octanol–water partition coefficient (Wildman–Crippen LogP) is 1.31. The summed E-state index contributed by atoms with van der Waals surface area (Å²) in [6.07, 6.45) is 4.95. The highest BCUT2D eigenvalue weighted by atomic mass is 16.6. The maximum absolute atomic E-state index is 11.1. The molecule has 2 fully saturated rings. The van der Waals surface area contributed by atoms with Crippen molar-refractivity contribution in [1.82, 2.24) is 9.80 Å². The van der Waals surface area contributed by atoms with Crippen LogP contribution in [0, 0.1) is 0 Å². The molecule has 0 spiro atoms. The number of cyclic esters (lactones) is 1. The molecule has 2 saturated heterocycles. The molecule has 4 heteroatoms. The quantitative estimate of drug-likeness (QED) is 0.707. The number of rotatable bonds is 3. The van der Waals surface area contributed by atoms with Gasteiger partial charge in [0.15, 0.2) is 0 Å². The summed E-state index contributed by atoms with van der Waals surface area (Å²) < 4.78 is 5.22. The Morgan fingerprint density at radius 3 is 2.67 bits per heavy atom. The fourth-order valence-corrected chi connectivity index (χ4v) is 2.31. The number of hydrogen-bond acceptors (Lipinski definition) is 3. The van der Waals surface area contributed by atoms with Gasteiger partial charge in [0.2, 0.25) is 0 Å². The monoisotopic (exact) mass is 212 g/mol. The molecule has 0 radical (unpaired) electrons. The van der Waals surface area contributed by atoms with Crippen LogP contribution in [-0.4, -0.2) is 55.2 Å². The van der Waals surface area contributed by atoms with E-state index in [1.165, 1.54) is 32.4 Å². The van der Waals surface area contributed by atoms with Crippen LogP contribution < -0.4 is 0 Å². The fourth-order valence-electron chi connectivity index (χ4n) is 2.31. The molecule has 2 aliphatic heterocycles. The Morgan fingerprint density at radius 2 is 2.07 bits per heavy atom. The topological polar surface area (TPSA) is 32.8 Å². The van der Waals surface area contributed by atoms with E-state index in [1.54, 1.807) is 11.9 Å². The van der Waals surface area contributed by atoms with E-state index in [4.69, 9.17) is 4.74 Å². The molecular formula is C11H20N2O2. The molecule has 1 atom stereocenters. The molecule has 2 rings (SSSR count). The van der Waals surface area contributed by atoms with Crippen LogP contribution >= 0.6 is 0 Å². The van der Waals surface area contributed by atoms with Gasteiger partial charge in [-0.15, -0.1) is 0 Å². The summed E-state index contributed by atoms with van der Waals surface area (Å²) in [5.41, 5.74) is 0. The normalized spacial score (nSPS) is 28.2. The summed E-state index contributed by atoms with van der Waals surface area (Å²) in [5, 5.41) is 0. The maximum atomic E-state index is 11.1. The summed E-state index contributed by atoms with van der Waals surface area (Å²) >= 11 is 0. The van der Waals surface area contributed by atoms with Gasteiger partial charge in [-0.1, -0.05) is 6.42 Å². The first-order valence-electron chi connectivity index (χ1n) is 5.90. The van der Waals surface area contributed by atoms with Crippen LogP contribution in [0.5, 0.6) is 0 Å². The van der Waals surface area contributed by atoms with Gasteiger partial charge in [0.25, 0.3) is 0 Å². The van der Waals surface area contributed by atoms with E-state index in [1.807, 2.05) is 0 Å². The first-order valence-corrected chi connectivity index (χ1v) is 5.90. The number of carbonyl (C=O) groups is 1. The molecule has 0 saturated carbocycles. The van der Waals surface area contributed by atoms with E-state index in [0.717, 1.165) is 19.5 Å². The second-order valence-electron chi connectivity index (χ2n) is 4.58. The number of ether oxygens (including phenoxy) is 1. The van der Waals surface area contributed by atoms with Crippen molar-refractivity contribution in [2.24, 2.45) is 0 Å². The molecule has 15 heavy (non-hydrogen) atoms. The summed E-state index contributed by atoms with van der Waals surface area (Å²) in [5.74, 6) is 0. The highest BCUT2D eigenvalue weighted by Gasteiger charge is 2.28. The van der Waals surface area contributed by atoms with Crippen molar-refractivity contribution >= 4 is 6.09 Å². The van der Waals surface area contributed by atoms with Gasteiger partial charge < -0.3 is 14.5 Å². The lowest BCUT2D eigenvalue weighted by Crippen LogP contribution is -2.33. The highest BCUT2D eigenvalue weighted by molar-refractivity contribution is 5.69. The summed E-state index contributed by atoms with van der Waals surface area (Å²) in [6.45, 7) is 4.27. The Kier molecular flexibility index (Phi) is 3.46. The molecular weight excluding hydrogens is 192 g/mol. The third-order valence-electron chi connectivity index (χ3n) is 3.27. The summed E-state index contributed by atoms with van der Waals surface area (Å²) in [4.78, 5) is 15.3. The number of likely N-dealkylation sites (tertiary alicyclic amines) is 1. The van der Waals surface area contributed by atoms with Crippen LogP contribution in [0.2, 0.25) is 0 Å². The van der Waals surface area contributed by atoms with E-state index in [2.05, 4.69) is 4.90 Å². The average molecular weight is 212 g/mol. The van der Waals surface area contributed by atoms with Crippen molar-refractivity contribution < 1.29 is 9.53 Å². The van der Waals surface area contributed by atoms with Crippen LogP contribution in [0.3, 0.4) is 0 Å². The standard InChI is InChI=1S/C11H20N2O2/c1-12-9-10(15-11(12)14)5-8-13-6-3-2-4-7-13/h10H,2-9H2,1H3. The minimum absolute atomic E-state index is 0.115. The number of amides is 1. The van der Waals surface area contributed by atoms with Crippen LogP contribution in [-0.2, 0) is 4.74 Å². The largest absolute Gasteiger partial charge is 0.444 e. The first-order chi connectivity index (χ1) is 7.25. The molecule has 2 heterocycles. The van der Waals surface area contributed by atoms with Crippen molar-refractivity contribution in [3.8, 4) is 0 Å². The third kappa shape index (κ3) is 2.84. The van der Waals surface area contributed by atoms with E-state index < -0.39 is 0 Å². The van der Waals surface area contributed by atoms with E-state index in [-0.39, 0.29) is 12.2 Å². The van der Waals surface area contributed by atoms with Crippen LogP contribution in [0.1, 0.15) is 25.7 Å². The molecule has 4 nitrogen and oxygen atoms in total. The number of carbonyl (C=O) groups excluding carboxylic acids is 1. The maximum Gasteiger partial charge on any atom is 0.409 e. The highest BCUT2D eigenvalue weighted by Crippen LogP contribution is 2.14. The smallest absolute Gasteiger partial charge is 0.409 e. The Balaban J connectivity index is 1.67. The van der Waals surface area contributed by atoms with Crippen molar-refractivity contribution in [2.75, 3.05) is 33.2 Å². The summed E-state index contributed by atoms with van der Waals surface area (Å²) in [7, 11) is 1.79. The zero-order chi connectivity index (χ0) is 10.7. The molecule has 1 unspecified atom stereocenters. The van der Waals surface area contributed by atoms with Gasteiger partial charge in [0.1, 0.15) is 6.10 Å². The Bertz CT molecular complexity index is 227. The predicted molar refractivity (Wildman–Crippen MR) is 57.8 cm³/mol. The van der Waals surface area contributed by atoms with Gasteiger partial charge in [0.05, 0.1) is 6.54 Å². The number of piperidine rings is 1. The lowest BCUT2D eigenvalue weighted by Gasteiger charge is -2.26. The van der Waals surface area contributed by atoms with Crippen LogP contribution in [0.4, 0.5) is 4.79 Å². The molecule has 0 aromatic heterocycles. The molecule has 1 amide bonds. The van der Waals surface area contributed by atoms with E-state index in [9.17, 15) is 4.79 Å². The van der Waals surface area contributed by atoms with Gasteiger partial charge in [0, 0.05) is 13.6 Å². The van der Waals surface area contributed by atoms with Crippen molar-refractivity contribution in [2.45, 2.75) is 31.8 Å². The van der Waals surface area contributed by atoms with Gasteiger partial charge in [-0.2, -0.15) is 0 Å². The third-order valence-corrected chi connectivity index (χ3v) is 3.27. The van der Waals surface area contributed by atoms with E-state index in [0.29, 0.717) is 0 Å². The Morgan fingerprint density at radius 1 is 1.33 bits per heavy atom. The lowest BCUT2D eigenvalue weighted by atomic mass is 10.1. The zero-order valence-electron chi connectivity index (χ0n) is 9.45. The molecule has 0 aliphatic carbocycles. The van der Waals surface area contributed by atoms with Crippen LogP contribution in [0.25, 0.3) is 0 Å². The Labute approximate surface area is 91.2 Å². The molecule has 0 bridgehead atoms. The molecule has 86 valence electrons. The van der Waals surface area contributed by atoms with Gasteiger partial charge in [-0.3, -0.25) is 0 Å². The lowest BCUT2D eigenvalue weighted by molar-refractivity contribution is 0.118. The van der Waals surface area contributed by atoms with Crippen molar-refractivity contribution in [3.05, 3.63) is 0 Å². The van der Waals surface area contributed by atoms with Crippen LogP contribution in [0.15, 0.2) is 0 Å². The molecule has 0 aromatic carbocycles. The first kappa shape index (κ1) is 10.7. The fraction of sp³-hybridized carbons (Fsp3) is 0.909. The molecule has 0 N–H and O–H groups in total. The number of likely N-dealkylation sites (N-methyl/N-ethyl adjacent to an activating group) is 1.